The van der Waals surface area contributed by atoms with Crippen molar-refractivity contribution in [2.24, 2.45) is 0 Å². The molecule has 2 aromatic rings. The first-order valence-electron chi connectivity index (χ1n) is 7.23. The van der Waals surface area contributed by atoms with E-state index in [1.54, 1.807) is 21.8 Å². The third-order valence-electron chi connectivity index (χ3n) is 4.00. The van der Waals surface area contributed by atoms with Gasteiger partial charge in [0.1, 0.15) is 0 Å². The standard InChI is InChI=1S/C16H20ClNS2/c1-10-8-13(20-16(10)17)15(18-2)14-9-11-6-4-3-5-7-12(11)19-14/h8-9,15,18H,3-7H2,1-2H3. The van der Waals surface area contributed by atoms with E-state index in [4.69, 9.17) is 11.6 Å². The Morgan fingerprint density at radius 2 is 1.85 bits per heavy atom. The molecule has 2 heterocycles. The van der Waals surface area contributed by atoms with Gasteiger partial charge in [-0.3, -0.25) is 0 Å². The molecule has 4 heteroatoms. The summed E-state index contributed by atoms with van der Waals surface area (Å²) in [5.74, 6) is 0. The van der Waals surface area contributed by atoms with Gasteiger partial charge in [-0.1, -0.05) is 18.0 Å². The lowest BCUT2D eigenvalue weighted by Crippen LogP contribution is -2.15. The first kappa shape index (κ1) is 14.6. The van der Waals surface area contributed by atoms with Crippen molar-refractivity contribution in [1.82, 2.24) is 5.32 Å². The van der Waals surface area contributed by atoms with Crippen molar-refractivity contribution in [3.05, 3.63) is 42.2 Å². The fraction of sp³-hybridized carbons (Fsp3) is 0.500. The summed E-state index contributed by atoms with van der Waals surface area (Å²) in [5, 5.41) is 3.46. The van der Waals surface area contributed by atoms with Gasteiger partial charge in [0, 0.05) is 14.6 Å². The van der Waals surface area contributed by atoms with E-state index in [0.717, 1.165) is 4.34 Å². The Bertz CT molecular complexity index is 557. The molecule has 0 aliphatic heterocycles. The van der Waals surface area contributed by atoms with Crippen LogP contribution in [0.25, 0.3) is 0 Å². The van der Waals surface area contributed by atoms with E-state index in [1.807, 2.05) is 18.4 Å². The Balaban J connectivity index is 1.93. The smallest absolute Gasteiger partial charge is 0.0961 e. The third-order valence-corrected chi connectivity index (χ3v) is 6.92. The van der Waals surface area contributed by atoms with Crippen molar-refractivity contribution < 1.29 is 0 Å². The molecule has 20 heavy (non-hydrogen) atoms. The van der Waals surface area contributed by atoms with Crippen LogP contribution in [0.2, 0.25) is 4.34 Å². The number of hydrogen-bond acceptors (Lipinski definition) is 3. The molecule has 2 aromatic heterocycles. The molecule has 0 saturated carbocycles. The summed E-state index contributed by atoms with van der Waals surface area (Å²) < 4.78 is 0.915. The van der Waals surface area contributed by atoms with Crippen molar-refractivity contribution in [2.45, 2.75) is 45.1 Å². The van der Waals surface area contributed by atoms with Crippen LogP contribution in [0.1, 0.15) is 51.1 Å². The summed E-state index contributed by atoms with van der Waals surface area (Å²) in [6.07, 6.45) is 6.59. The highest BCUT2D eigenvalue weighted by atomic mass is 35.5. The minimum absolute atomic E-state index is 0.295. The second-order valence-corrected chi connectivity index (χ2v) is 8.34. The average Bonchev–Trinajstić information content (AvgIpc) is 2.88. The van der Waals surface area contributed by atoms with Crippen molar-refractivity contribution in [2.75, 3.05) is 7.05 Å². The molecule has 1 atom stereocenters. The molecule has 0 fully saturated rings. The molecule has 0 bridgehead atoms. The van der Waals surface area contributed by atoms with Crippen LogP contribution in [0.3, 0.4) is 0 Å². The fourth-order valence-corrected chi connectivity index (χ4v) is 5.69. The van der Waals surface area contributed by atoms with Gasteiger partial charge in [0.2, 0.25) is 0 Å². The van der Waals surface area contributed by atoms with Crippen LogP contribution in [-0.4, -0.2) is 7.05 Å². The molecule has 0 spiro atoms. The van der Waals surface area contributed by atoms with Crippen molar-refractivity contribution in [1.29, 1.82) is 0 Å². The Hall–Kier alpha value is -0.350. The Morgan fingerprint density at radius 3 is 2.55 bits per heavy atom. The van der Waals surface area contributed by atoms with Crippen molar-refractivity contribution in [3.8, 4) is 0 Å². The van der Waals surface area contributed by atoms with Crippen LogP contribution >= 0.6 is 34.3 Å². The van der Waals surface area contributed by atoms with E-state index in [-0.39, 0.29) is 0 Å². The number of aryl methyl sites for hydroxylation is 3. The Labute approximate surface area is 134 Å². The summed E-state index contributed by atoms with van der Waals surface area (Å²) in [6.45, 7) is 2.08. The van der Waals surface area contributed by atoms with E-state index in [0.29, 0.717) is 6.04 Å². The molecule has 0 saturated heterocycles. The zero-order chi connectivity index (χ0) is 14.1. The first-order chi connectivity index (χ1) is 9.69. The van der Waals surface area contributed by atoms with Crippen LogP contribution in [-0.2, 0) is 12.8 Å². The lowest BCUT2D eigenvalue weighted by Gasteiger charge is -2.12. The van der Waals surface area contributed by atoms with Gasteiger partial charge in [-0.25, -0.2) is 0 Å². The third kappa shape index (κ3) is 2.82. The highest BCUT2D eigenvalue weighted by Crippen LogP contribution is 2.38. The maximum atomic E-state index is 6.23. The highest BCUT2D eigenvalue weighted by Gasteiger charge is 2.21. The SMILES string of the molecule is CNC(c1cc(C)c(Cl)s1)c1cc2c(s1)CCCCC2. The van der Waals surface area contributed by atoms with Gasteiger partial charge in [0.15, 0.2) is 0 Å². The van der Waals surface area contributed by atoms with E-state index in [9.17, 15) is 0 Å². The van der Waals surface area contributed by atoms with Gasteiger partial charge < -0.3 is 5.32 Å². The lowest BCUT2D eigenvalue weighted by atomic mass is 10.1. The molecule has 1 N–H and O–H groups in total. The largest absolute Gasteiger partial charge is 0.308 e. The molecule has 1 aliphatic carbocycles. The molecule has 108 valence electrons. The fourth-order valence-electron chi connectivity index (χ4n) is 2.88. The predicted octanol–water partition coefficient (Wildman–Crippen LogP) is 5.35. The molecule has 1 nitrogen and oxygen atoms in total. The Kier molecular flexibility index (Phi) is 4.51. The summed E-state index contributed by atoms with van der Waals surface area (Å²) in [7, 11) is 2.04. The van der Waals surface area contributed by atoms with Crippen molar-refractivity contribution >= 4 is 34.3 Å². The first-order valence-corrected chi connectivity index (χ1v) is 9.24. The van der Waals surface area contributed by atoms with E-state index in [1.165, 1.54) is 47.4 Å². The molecule has 1 unspecified atom stereocenters. The summed E-state index contributed by atoms with van der Waals surface area (Å²) in [6, 6.07) is 4.94. The second-order valence-electron chi connectivity index (χ2n) is 5.49. The van der Waals surface area contributed by atoms with E-state index < -0.39 is 0 Å². The number of rotatable bonds is 3. The quantitative estimate of drug-likeness (QED) is 0.750. The van der Waals surface area contributed by atoms with Crippen LogP contribution < -0.4 is 5.32 Å². The number of hydrogen-bond donors (Lipinski definition) is 1. The predicted molar refractivity (Wildman–Crippen MR) is 90.5 cm³/mol. The molecule has 0 aromatic carbocycles. The Morgan fingerprint density at radius 1 is 1.10 bits per heavy atom. The molecular formula is C16H20ClNS2. The molecular weight excluding hydrogens is 306 g/mol. The number of nitrogens with one attached hydrogen (secondary N) is 1. The van der Waals surface area contributed by atoms with E-state index >= 15 is 0 Å². The molecule has 1 aliphatic rings. The van der Waals surface area contributed by atoms with E-state index in [2.05, 4.69) is 24.4 Å². The molecule has 3 rings (SSSR count). The zero-order valence-electron chi connectivity index (χ0n) is 12.0. The van der Waals surface area contributed by atoms with Gasteiger partial charge in [-0.2, -0.15) is 0 Å². The lowest BCUT2D eigenvalue weighted by molar-refractivity contribution is 0.705. The van der Waals surface area contributed by atoms with Crippen molar-refractivity contribution in [3.63, 3.8) is 0 Å². The van der Waals surface area contributed by atoms with Gasteiger partial charge in [0.25, 0.3) is 0 Å². The van der Waals surface area contributed by atoms with Crippen LogP contribution in [0.5, 0.6) is 0 Å². The van der Waals surface area contributed by atoms with Gasteiger partial charge in [-0.05, 0) is 62.9 Å². The number of fused-ring (bicyclic) bond motifs is 1. The summed E-state index contributed by atoms with van der Waals surface area (Å²) in [5.41, 5.74) is 2.77. The minimum Gasteiger partial charge on any atom is -0.308 e. The molecule has 0 amide bonds. The van der Waals surface area contributed by atoms with Gasteiger partial charge in [-0.15, -0.1) is 22.7 Å². The summed E-state index contributed by atoms with van der Waals surface area (Å²) >= 11 is 9.93. The monoisotopic (exact) mass is 325 g/mol. The average molecular weight is 326 g/mol. The van der Waals surface area contributed by atoms with Crippen LogP contribution in [0.15, 0.2) is 12.1 Å². The molecule has 0 radical (unpaired) electrons. The van der Waals surface area contributed by atoms with Crippen LogP contribution in [0.4, 0.5) is 0 Å². The maximum absolute atomic E-state index is 6.23. The maximum Gasteiger partial charge on any atom is 0.0961 e. The second kappa shape index (κ2) is 6.18. The van der Waals surface area contributed by atoms with Gasteiger partial charge in [0.05, 0.1) is 10.4 Å². The topological polar surface area (TPSA) is 12.0 Å². The highest BCUT2D eigenvalue weighted by molar-refractivity contribution is 7.17. The van der Waals surface area contributed by atoms with Gasteiger partial charge >= 0.3 is 0 Å². The number of halogens is 1. The summed E-state index contributed by atoms with van der Waals surface area (Å²) in [4.78, 5) is 4.38. The minimum atomic E-state index is 0.295. The normalized spacial score (nSPS) is 16.8. The van der Waals surface area contributed by atoms with Crippen LogP contribution in [0, 0.1) is 6.92 Å². The zero-order valence-corrected chi connectivity index (χ0v) is 14.4. The number of thiophene rings is 2.